The van der Waals surface area contributed by atoms with Crippen LogP contribution in [0.15, 0.2) is 65.0 Å². The summed E-state index contributed by atoms with van der Waals surface area (Å²) in [4.78, 5) is 20.1. The van der Waals surface area contributed by atoms with Gasteiger partial charge in [0.25, 0.3) is 0 Å². The maximum Gasteiger partial charge on any atom is 0.233 e. The van der Waals surface area contributed by atoms with Crippen LogP contribution in [0.5, 0.6) is 23.0 Å². The molecule has 0 radical (unpaired) electrons. The molecule has 1 aliphatic heterocycles. The Labute approximate surface area is 224 Å². The molecule has 1 aliphatic rings. The molecule has 9 heteroatoms. The standard InChI is InChI=1S/C28H28N2O5S2/c1-32-19-8-10-20(11-9-19)35-16-23-21-15-25(34-3)24(33-2)14-18(21)12-13-30(23)27(31)17-36-28-29-22-6-4-5-7-26(22)37-28/h4-11,14-15,23H,12-13,16-17H2,1-3H3. The molecule has 0 N–H and O–H groups in total. The number of aromatic nitrogens is 1. The molecule has 0 saturated heterocycles. The average Bonchev–Trinajstić information content (AvgIpc) is 3.37. The van der Waals surface area contributed by atoms with Crippen LogP contribution in [0.2, 0.25) is 0 Å². The Morgan fingerprint density at radius 3 is 2.46 bits per heavy atom. The number of thiazole rings is 1. The Balaban J connectivity index is 1.38. The summed E-state index contributed by atoms with van der Waals surface area (Å²) in [7, 11) is 4.88. The Morgan fingerprint density at radius 2 is 1.73 bits per heavy atom. The minimum atomic E-state index is -0.269. The van der Waals surface area contributed by atoms with E-state index in [4.69, 9.17) is 18.9 Å². The lowest BCUT2D eigenvalue weighted by Crippen LogP contribution is -2.43. The summed E-state index contributed by atoms with van der Waals surface area (Å²) >= 11 is 3.09. The summed E-state index contributed by atoms with van der Waals surface area (Å²) in [5.41, 5.74) is 3.10. The second-order valence-corrected chi connectivity index (χ2v) is 10.7. The quantitative estimate of drug-likeness (QED) is 0.257. The van der Waals surface area contributed by atoms with Crippen LogP contribution in [0.3, 0.4) is 0 Å². The highest BCUT2D eigenvalue weighted by molar-refractivity contribution is 8.01. The third kappa shape index (κ3) is 5.47. The molecule has 192 valence electrons. The number of hydrogen-bond donors (Lipinski definition) is 0. The molecule has 0 spiro atoms. The number of amides is 1. The SMILES string of the molecule is COc1ccc(OCC2c3cc(OC)c(OC)cc3CCN2C(=O)CSc2nc3ccccc3s2)cc1. The van der Waals surface area contributed by atoms with Crippen LogP contribution in [0, 0.1) is 0 Å². The summed E-state index contributed by atoms with van der Waals surface area (Å²) < 4.78 is 24.5. The molecule has 1 atom stereocenters. The Hall–Kier alpha value is -3.43. The van der Waals surface area contributed by atoms with E-state index >= 15 is 0 Å². The van der Waals surface area contributed by atoms with Crippen molar-refractivity contribution in [3.05, 3.63) is 71.8 Å². The summed E-state index contributed by atoms with van der Waals surface area (Å²) in [6.07, 6.45) is 0.728. The van der Waals surface area contributed by atoms with Gasteiger partial charge in [0.2, 0.25) is 5.91 Å². The van der Waals surface area contributed by atoms with Crippen LogP contribution in [0.1, 0.15) is 17.2 Å². The highest BCUT2D eigenvalue weighted by Crippen LogP contribution is 2.39. The van der Waals surface area contributed by atoms with E-state index in [9.17, 15) is 4.79 Å². The summed E-state index contributed by atoms with van der Waals surface area (Å²) in [6, 6.07) is 19.2. The summed E-state index contributed by atoms with van der Waals surface area (Å²) in [5, 5.41) is 0. The van der Waals surface area contributed by atoms with Crippen molar-refractivity contribution in [3.8, 4) is 23.0 Å². The Kier molecular flexibility index (Phi) is 7.71. The first-order valence-corrected chi connectivity index (χ1v) is 13.7. The number of hydrogen-bond acceptors (Lipinski definition) is 8. The smallest absolute Gasteiger partial charge is 0.233 e. The number of carbonyl (C=O) groups is 1. The summed E-state index contributed by atoms with van der Waals surface area (Å²) in [6.45, 7) is 0.907. The predicted molar refractivity (Wildman–Crippen MR) is 147 cm³/mol. The minimum Gasteiger partial charge on any atom is -0.497 e. The van der Waals surface area contributed by atoms with Crippen LogP contribution in [-0.4, -0.2) is 56.0 Å². The number of methoxy groups -OCH3 is 3. The van der Waals surface area contributed by atoms with E-state index in [0.717, 1.165) is 37.9 Å². The number of benzene rings is 3. The molecule has 3 aromatic carbocycles. The fraction of sp³-hybridized carbons (Fsp3) is 0.286. The molecule has 7 nitrogen and oxygen atoms in total. The normalized spacial score (nSPS) is 14.8. The molecule has 2 heterocycles. The van der Waals surface area contributed by atoms with Crippen LogP contribution in [0.4, 0.5) is 0 Å². The van der Waals surface area contributed by atoms with E-state index in [2.05, 4.69) is 11.1 Å². The minimum absolute atomic E-state index is 0.0491. The van der Waals surface area contributed by atoms with Crippen LogP contribution >= 0.6 is 23.1 Å². The molecule has 0 fully saturated rings. The van der Waals surface area contributed by atoms with Crippen molar-refractivity contribution in [1.29, 1.82) is 0 Å². The van der Waals surface area contributed by atoms with E-state index in [1.165, 1.54) is 11.8 Å². The lowest BCUT2D eigenvalue weighted by Gasteiger charge is -2.37. The topological polar surface area (TPSA) is 70.1 Å². The van der Waals surface area contributed by atoms with Crippen molar-refractivity contribution in [2.45, 2.75) is 16.8 Å². The van der Waals surface area contributed by atoms with Gasteiger partial charge in [0.1, 0.15) is 18.1 Å². The highest BCUT2D eigenvalue weighted by Gasteiger charge is 2.33. The van der Waals surface area contributed by atoms with E-state index in [-0.39, 0.29) is 11.9 Å². The molecule has 0 bridgehead atoms. The number of fused-ring (bicyclic) bond motifs is 2. The van der Waals surface area contributed by atoms with Crippen molar-refractivity contribution < 1.29 is 23.7 Å². The lowest BCUT2D eigenvalue weighted by molar-refractivity contribution is -0.132. The number of nitrogens with zero attached hydrogens (tertiary/aromatic N) is 2. The largest absolute Gasteiger partial charge is 0.497 e. The fourth-order valence-electron chi connectivity index (χ4n) is 4.47. The average molecular weight is 537 g/mol. The first kappa shape index (κ1) is 25.2. The van der Waals surface area contributed by atoms with Crippen molar-refractivity contribution >= 4 is 39.2 Å². The van der Waals surface area contributed by atoms with Gasteiger partial charge < -0.3 is 23.8 Å². The molecule has 4 aromatic rings. The second-order valence-electron chi connectivity index (χ2n) is 8.48. The molecule has 1 amide bonds. The first-order valence-electron chi connectivity index (χ1n) is 11.9. The molecular weight excluding hydrogens is 508 g/mol. The van der Waals surface area contributed by atoms with Gasteiger partial charge in [0.05, 0.1) is 43.3 Å². The van der Waals surface area contributed by atoms with Gasteiger partial charge in [-0.15, -0.1) is 11.3 Å². The van der Waals surface area contributed by atoms with Crippen LogP contribution in [0.25, 0.3) is 10.2 Å². The number of para-hydroxylation sites is 1. The van der Waals surface area contributed by atoms with Gasteiger partial charge in [-0.05, 0) is 66.1 Å². The molecular formula is C28H28N2O5S2. The van der Waals surface area contributed by atoms with Gasteiger partial charge in [-0.2, -0.15) is 0 Å². The fourth-order valence-corrected chi connectivity index (χ4v) is 6.43. The number of thioether (sulfide) groups is 1. The Bertz CT molecular complexity index is 1360. The van der Waals surface area contributed by atoms with Crippen LogP contribution < -0.4 is 18.9 Å². The second kappa shape index (κ2) is 11.3. The zero-order chi connectivity index (χ0) is 25.8. The summed E-state index contributed by atoms with van der Waals surface area (Å²) in [5.74, 6) is 3.14. The number of rotatable bonds is 9. The van der Waals surface area contributed by atoms with Gasteiger partial charge in [0, 0.05) is 6.54 Å². The zero-order valence-corrected chi connectivity index (χ0v) is 22.6. The van der Waals surface area contributed by atoms with Crippen LogP contribution in [-0.2, 0) is 11.2 Å². The third-order valence-corrected chi connectivity index (χ3v) is 8.55. The number of carbonyl (C=O) groups excluding carboxylic acids is 1. The van der Waals surface area contributed by atoms with E-state index < -0.39 is 0 Å². The molecule has 0 aliphatic carbocycles. The van der Waals surface area contributed by atoms with Crippen molar-refractivity contribution in [1.82, 2.24) is 9.88 Å². The van der Waals surface area contributed by atoms with Gasteiger partial charge >= 0.3 is 0 Å². The highest BCUT2D eigenvalue weighted by atomic mass is 32.2. The zero-order valence-electron chi connectivity index (χ0n) is 20.9. The Morgan fingerprint density at radius 1 is 1.00 bits per heavy atom. The van der Waals surface area contributed by atoms with Crippen molar-refractivity contribution in [2.24, 2.45) is 0 Å². The number of ether oxygens (including phenoxy) is 4. The van der Waals surface area contributed by atoms with E-state index in [1.54, 1.807) is 32.7 Å². The molecule has 1 unspecified atom stereocenters. The van der Waals surface area contributed by atoms with Crippen molar-refractivity contribution in [2.75, 3.05) is 40.2 Å². The van der Waals surface area contributed by atoms with E-state index in [0.29, 0.717) is 36.2 Å². The predicted octanol–water partition coefficient (Wildman–Crippen LogP) is 5.62. The first-order chi connectivity index (χ1) is 18.1. The third-order valence-electron chi connectivity index (χ3n) is 6.38. The van der Waals surface area contributed by atoms with Gasteiger partial charge in [-0.3, -0.25) is 4.79 Å². The van der Waals surface area contributed by atoms with Gasteiger partial charge in [-0.25, -0.2) is 4.98 Å². The van der Waals surface area contributed by atoms with E-state index in [1.807, 2.05) is 59.5 Å². The molecule has 37 heavy (non-hydrogen) atoms. The molecule has 5 rings (SSSR count). The van der Waals surface area contributed by atoms with Crippen molar-refractivity contribution in [3.63, 3.8) is 0 Å². The monoisotopic (exact) mass is 536 g/mol. The molecule has 1 aromatic heterocycles. The lowest BCUT2D eigenvalue weighted by atomic mass is 9.92. The maximum absolute atomic E-state index is 13.5. The maximum atomic E-state index is 13.5. The van der Waals surface area contributed by atoms with Gasteiger partial charge in [-0.1, -0.05) is 23.9 Å². The van der Waals surface area contributed by atoms with Gasteiger partial charge in [0.15, 0.2) is 15.8 Å². The molecule has 0 saturated carbocycles.